The Morgan fingerprint density at radius 2 is 2.00 bits per heavy atom. The highest BCUT2D eigenvalue weighted by Gasteiger charge is 2.25. The molecule has 1 amide bonds. The summed E-state index contributed by atoms with van der Waals surface area (Å²) in [7, 11) is 1.66. The highest BCUT2D eigenvalue weighted by Crippen LogP contribution is 2.28. The van der Waals surface area contributed by atoms with Crippen molar-refractivity contribution in [3.63, 3.8) is 0 Å². The number of methoxy groups -OCH3 is 1. The zero-order valence-corrected chi connectivity index (χ0v) is 15.6. The second kappa shape index (κ2) is 7.82. The number of amides is 1. The Morgan fingerprint density at radius 3 is 2.78 bits per heavy atom. The molecule has 5 nitrogen and oxygen atoms in total. The van der Waals surface area contributed by atoms with Crippen molar-refractivity contribution in [1.82, 2.24) is 14.9 Å². The number of aromatic nitrogens is 2. The first-order valence-electron chi connectivity index (χ1n) is 9.58. The lowest BCUT2D eigenvalue weighted by Gasteiger charge is -2.31. The number of imidazole rings is 1. The van der Waals surface area contributed by atoms with Crippen LogP contribution in [0, 0.1) is 0 Å². The summed E-state index contributed by atoms with van der Waals surface area (Å²) in [5, 5.41) is 0. The quantitative estimate of drug-likeness (QED) is 0.748. The molecular weight excluding hydrogens is 338 g/mol. The van der Waals surface area contributed by atoms with Crippen LogP contribution < -0.4 is 4.74 Å². The van der Waals surface area contributed by atoms with Crippen molar-refractivity contribution >= 4 is 16.9 Å². The Hall–Kier alpha value is -2.82. The van der Waals surface area contributed by atoms with Crippen molar-refractivity contribution in [3.8, 4) is 5.75 Å². The van der Waals surface area contributed by atoms with Gasteiger partial charge in [-0.1, -0.05) is 24.3 Å². The lowest BCUT2D eigenvalue weighted by molar-refractivity contribution is -0.132. The number of aromatic amines is 1. The normalized spacial score (nSPS) is 15.2. The van der Waals surface area contributed by atoms with Gasteiger partial charge < -0.3 is 14.6 Å². The number of hydrogen-bond donors (Lipinski definition) is 1. The highest BCUT2D eigenvalue weighted by molar-refractivity contribution is 5.77. The molecule has 2 aromatic carbocycles. The van der Waals surface area contributed by atoms with Crippen LogP contribution in [-0.2, 0) is 11.2 Å². The first-order valence-corrected chi connectivity index (χ1v) is 9.58. The molecule has 140 valence electrons. The maximum atomic E-state index is 12.6. The monoisotopic (exact) mass is 363 g/mol. The Balaban J connectivity index is 1.31. The number of carbonyl (C=O) groups is 1. The number of carbonyl (C=O) groups excluding carboxylic acids is 1. The molecule has 0 unspecified atom stereocenters. The number of H-pyrrole nitrogens is 1. The van der Waals surface area contributed by atoms with Gasteiger partial charge in [0.2, 0.25) is 5.91 Å². The SMILES string of the molecule is COc1cccc(CCC(=O)N2CCC(c3nc4ccccc4[nH]3)CC2)c1. The first kappa shape index (κ1) is 17.6. The number of fused-ring (bicyclic) bond motifs is 1. The highest BCUT2D eigenvalue weighted by atomic mass is 16.5. The molecule has 1 fully saturated rings. The minimum absolute atomic E-state index is 0.237. The number of benzene rings is 2. The van der Waals surface area contributed by atoms with E-state index in [-0.39, 0.29) is 5.91 Å². The zero-order valence-electron chi connectivity index (χ0n) is 15.6. The number of aryl methyl sites for hydroxylation is 1. The largest absolute Gasteiger partial charge is 0.497 e. The molecule has 1 aliphatic rings. The van der Waals surface area contributed by atoms with Gasteiger partial charge >= 0.3 is 0 Å². The summed E-state index contributed by atoms with van der Waals surface area (Å²) in [6.07, 6.45) is 3.22. The smallest absolute Gasteiger partial charge is 0.222 e. The molecule has 5 heteroatoms. The van der Waals surface area contributed by atoms with Gasteiger partial charge in [0.15, 0.2) is 0 Å². The average Bonchev–Trinajstić information content (AvgIpc) is 3.16. The third-order valence-electron chi connectivity index (χ3n) is 5.40. The van der Waals surface area contributed by atoms with E-state index < -0.39 is 0 Å². The van der Waals surface area contributed by atoms with E-state index in [9.17, 15) is 4.79 Å². The second-order valence-electron chi connectivity index (χ2n) is 7.15. The summed E-state index contributed by atoms with van der Waals surface area (Å²) >= 11 is 0. The number of piperidine rings is 1. The van der Waals surface area contributed by atoms with Crippen molar-refractivity contribution in [3.05, 3.63) is 59.9 Å². The Bertz CT molecular complexity index is 893. The first-order chi connectivity index (χ1) is 13.2. The number of hydrogen-bond acceptors (Lipinski definition) is 3. The van der Waals surface area contributed by atoms with Crippen LogP contribution in [0.2, 0.25) is 0 Å². The fourth-order valence-electron chi connectivity index (χ4n) is 3.81. The maximum Gasteiger partial charge on any atom is 0.222 e. The van der Waals surface area contributed by atoms with E-state index in [0.717, 1.165) is 60.5 Å². The Labute approximate surface area is 159 Å². The van der Waals surface area contributed by atoms with Gasteiger partial charge in [0.1, 0.15) is 11.6 Å². The van der Waals surface area contributed by atoms with Crippen LogP contribution in [0.4, 0.5) is 0 Å². The van der Waals surface area contributed by atoms with Crippen LogP contribution in [0.3, 0.4) is 0 Å². The van der Waals surface area contributed by atoms with Crippen LogP contribution in [-0.4, -0.2) is 41.0 Å². The predicted octanol–water partition coefficient (Wildman–Crippen LogP) is 3.91. The van der Waals surface area contributed by atoms with Crippen LogP contribution >= 0.6 is 0 Å². The average molecular weight is 363 g/mol. The fourth-order valence-corrected chi connectivity index (χ4v) is 3.81. The standard InChI is InChI=1S/C22H25N3O2/c1-27-18-6-4-5-16(15-18)9-10-21(26)25-13-11-17(12-14-25)22-23-19-7-2-3-8-20(19)24-22/h2-8,15,17H,9-14H2,1H3,(H,23,24). The molecule has 4 rings (SSSR count). The summed E-state index contributed by atoms with van der Waals surface area (Å²) in [5.41, 5.74) is 3.24. The number of nitrogens with zero attached hydrogens (tertiary/aromatic N) is 2. The zero-order chi connectivity index (χ0) is 18.6. The van der Waals surface area contributed by atoms with Gasteiger partial charge in [0.05, 0.1) is 18.1 Å². The van der Waals surface area contributed by atoms with Crippen molar-refractivity contribution in [2.45, 2.75) is 31.6 Å². The lowest BCUT2D eigenvalue weighted by Crippen LogP contribution is -2.38. The summed E-state index contributed by atoms with van der Waals surface area (Å²) in [6.45, 7) is 1.61. The summed E-state index contributed by atoms with van der Waals surface area (Å²) in [5.74, 6) is 2.53. The topological polar surface area (TPSA) is 58.2 Å². The number of para-hydroxylation sites is 2. The summed E-state index contributed by atoms with van der Waals surface area (Å²) in [6, 6.07) is 16.1. The molecule has 0 radical (unpaired) electrons. The number of ether oxygens (including phenoxy) is 1. The van der Waals surface area contributed by atoms with E-state index in [4.69, 9.17) is 9.72 Å². The van der Waals surface area contributed by atoms with Gasteiger partial charge in [-0.2, -0.15) is 0 Å². The minimum Gasteiger partial charge on any atom is -0.497 e. The third-order valence-corrected chi connectivity index (χ3v) is 5.40. The summed E-state index contributed by atoms with van der Waals surface area (Å²) in [4.78, 5) is 22.7. The molecule has 1 saturated heterocycles. The molecule has 0 atom stereocenters. The number of rotatable bonds is 5. The minimum atomic E-state index is 0.237. The molecule has 1 aliphatic heterocycles. The molecule has 3 aromatic rings. The molecule has 0 aliphatic carbocycles. The number of likely N-dealkylation sites (tertiary alicyclic amines) is 1. The molecule has 2 heterocycles. The van der Waals surface area contributed by atoms with Gasteiger partial charge in [0, 0.05) is 25.4 Å². The molecule has 0 bridgehead atoms. The Morgan fingerprint density at radius 1 is 1.19 bits per heavy atom. The van der Waals surface area contributed by atoms with E-state index in [1.807, 2.05) is 47.4 Å². The Kier molecular flexibility index (Phi) is 5.10. The van der Waals surface area contributed by atoms with Crippen molar-refractivity contribution in [2.75, 3.05) is 20.2 Å². The molecule has 1 aromatic heterocycles. The van der Waals surface area contributed by atoms with Gasteiger partial charge in [-0.3, -0.25) is 4.79 Å². The molecule has 0 saturated carbocycles. The summed E-state index contributed by atoms with van der Waals surface area (Å²) < 4.78 is 5.25. The lowest BCUT2D eigenvalue weighted by atomic mass is 9.95. The van der Waals surface area contributed by atoms with Crippen molar-refractivity contribution in [1.29, 1.82) is 0 Å². The van der Waals surface area contributed by atoms with E-state index in [1.165, 1.54) is 0 Å². The molecular formula is C22H25N3O2. The van der Waals surface area contributed by atoms with E-state index in [2.05, 4.69) is 11.1 Å². The molecule has 27 heavy (non-hydrogen) atoms. The third kappa shape index (κ3) is 3.97. The van der Waals surface area contributed by atoms with Crippen LogP contribution in [0.25, 0.3) is 11.0 Å². The molecule has 1 N–H and O–H groups in total. The van der Waals surface area contributed by atoms with Crippen molar-refractivity contribution < 1.29 is 9.53 Å². The van der Waals surface area contributed by atoms with Crippen molar-refractivity contribution in [2.24, 2.45) is 0 Å². The van der Waals surface area contributed by atoms with E-state index >= 15 is 0 Å². The van der Waals surface area contributed by atoms with Gasteiger partial charge in [-0.25, -0.2) is 4.98 Å². The van der Waals surface area contributed by atoms with E-state index in [1.54, 1.807) is 7.11 Å². The van der Waals surface area contributed by atoms with Gasteiger partial charge in [-0.15, -0.1) is 0 Å². The predicted molar refractivity (Wildman–Crippen MR) is 106 cm³/mol. The second-order valence-corrected chi connectivity index (χ2v) is 7.15. The van der Waals surface area contributed by atoms with Gasteiger partial charge in [-0.05, 0) is 49.1 Å². The maximum absolute atomic E-state index is 12.6. The fraction of sp³-hybridized carbons (Fsp3) is 0.364. The number of nitrogens with one attached hydrogen (secondary N) is 1. The van der Waals surface area contributed by atoms with E-state index in [0.29, 0.717) is 12.3 Å². The van der Waals surface area contributed by atoms with Crippen LogP contribution in [0.15, 0.2) is 48.5 Å². The molecule has 0 spiro atoms. The van der Waals surface area contributed by atoms with Crippen LogP contribution in [0.1, 0.15) is 36.6 Å². The van der Waals surface area contributed by atoms with Gasteiger partial charge in [0.25, 0.3) is 0 Å². The van der Waals surface area contributed by atoms with Crippen LogP contribution in [0.5, 0.6) is 5.75 Å².